The molecule has 1 fully saturated rings. The van der Waals surface area contributed by atoms with Crippen LogP contribution in [0.15, 0.2) is 30.6 Å². The Hall–Kier alpha value is -2.58. The lowest BCUT2D eigenvalue weighted by atomic mass is 9.90. The van der Waals surface area contributed by atoms with Crippen LogP contribution in [0.1, 0.15) is 43.4 Å². The van der Waals surface area contributed by atoms with Gasteiger partial charge in [-0.3, -0.25) is 14.3 Å². The summed E-state index contributed by atoms with van der Waals surface area (Å²) in [5.74, 6) is 0.521. The third-order valence-corrected chi connectivity index (χ3v) is 5.76. The quantitative estimate of drug-likeness (QED) is 0.671. The molecular formula is C21H28ClN5O3. The molecule has 2 aromatic rings. The van der Waals surface area contributed by atoms with Crippen LogP contribution in [0.3, 0.4) is 0 Å². The number of amides is 2. The number of benzene rings is 1. The molecule has 2 aliphatic heterocycles. The molecule has 3 heterocycles. The molecule has 0 aliphatic carbocycles. The summed E-state index contributed by atoms with van der Waals surface area (Å²) in [5, 5.41) is 13.6. The molecule has 0 saturated carbocycles. The van der Waals surface area contributed by atoms with Crippen LogP contribution in [0.5, 0.6) is 5.75 Å². The number of aromatic nitrogens is 2. The topological polar surface area (TPSA) is 97.3 Å². The van der Waals surface area contributed by atoms with E-state index in [1.807, 2.05) is 51.5 Å². The van der Waals surface area contributed by atoms with Crippen molar-refractivity contribution in [2.24, 2.45) is 13.0 Å². The first kappa shape index (κ1) is 22.1. The average Bonchev–Trinajstić information content (AvgIpc) is 3.35. The van der Waals surface area contributed by atoms with Crippen molar-refractivity contribution in [2.75, 3.05) is 18.4 Å². The maximum atomic E-state index is 13.0. The second-order valence-electron chi connectivity index (χ2n) is 7.81. The monoisotopic (exact) mass is 433 g/mol. The Morgan fingerprint density at radius 1 is 1.40 bits per heavy atom. The van der Waals surface area contributed by atoms with E-state index in [0.717, 1.165) is 17.7 Å². The highest BCUT2D eigenvalue weighted by Gasteiger charge is 2.35. The predicted octanol–water partition coefficient (Wildman–Crippen LogP) is 2.13. The van der Waals surface area contributed by atoms with Gasteiger partial charge in [0, 0.05) is 32.3 Å². The second kappa shape index (κ2) is 9.06. The van der Waals surface area contributed by atoms with E-state index in [1.165, 1.54) is 0 Å². The Balaban J connectivity index is 0.00000256. The van der Waals surface area contributed by atoms with Gasteiger partial charge in [-0.15, -0.1) is 12.4 Å². The zero-order valence-electron chi connectivity index (χ0n) is 17.3. The number of aryl methyl sites for hydroxylation is 1. The molecule has 2 amide bonds. The summed E-state index contributed by atoms with van der Waals surface area (Å²) in [6, 6.07) is 5.45. The van der Waals surface area contributed by atoms with Gasteiger partial charge in [-0.2, -0.15) is 5.10 Å². The summed E-state index contributed by atoms with van der Waals surface area (Å²) in [6.07, 6.45) is 3.93. The van der Waals surface area contributed by atoms with E-state index in [0.29, 0.717) is 24.4 Å². The maximum Gasteiger partial charge on any atom is 0.265 e. The van der Waals surface area contributed by atoms with Gasteiger partial charge < -0.3 is 20.7 Å². The summed E-state index contributed by atoms with van der Waals surface area (Å²) in [7, 11) is 1.88. The molecule has 0 spiro atoms. The van der Waals surface area contributed by atoms with Crippen molar-refractivity contribution < 1.29 is 14.3 Å². The fraction of sp³-hybridized carbons (Fsp3) is 0.476. The normalized spacial score (nSPS) is 23.6. The molecule has 0 bridgehead atoms. The van der Waals surface area contributed by atoms with Crippen LogP contribution in [0.4, 0.5) is 5.69 Å². The average molecular weight is 434 g/mol. The van der Waals surface area contributed by atoms with Gasteiger partial charge in [0.15, 0.2) is 6.10 Å². The first-order valence-electron chi connectivity index (χ1n) is 10.1. The fourth-order valence-corrected chi connectivity index (χ4v) is 4.04. The number of carbonyl (C=O) groups excluding carboxylic acids is 2. The molecule has 9 heteroatoms. The standard InChI is InChI=1S/C21H27N5O3.ClH/c1-4-18-21(28)25-17-6-5-13(7-19(17)29-18)12(2)24-20(27)16-10-22-9-15(16)14-8-23-26(3)11-14;/h5-8,11-12,15-16,18,22H,4,9-10H2,1-3H3,(H,24,27)(H,25,28);1H/t12?,15-,16+,18?;/m1./s1. The van der Waals surface area contributed by atoms with Gasteiger partial charge in [-0.05, 0) is 36.6 Å². The summed E-state index contributed by atoms with van der Waals surface area (Å²) < 4.78 is 7.59. The minimum absolute atomic E-state index is 0. The molecule has 1 aromatic heterocycles. The van der Waals surface area contributed by atoms with Crippen molar-refractivity contribution in [3.8, 4) is 5.75 Å². The molecule has 162 valence electrons. The van der Waals surface area contributed by atoms with Gasteiger partial charge >= 0.3 is 0 Å². The first-order chi connectivity index (χ1) is 14.0. The molecule has 8 nitrogen and oxygen atoms in total. The Kier molecular flexibility index (Phi) is 6.67. The Morgan fingerprint density at radius 2 is 2.20 bits per heavy atom. The summed E-state index contributed by atoms with van der Waals surface area (Å²) in [5.41, 5.74) is 2.68. The van der Waals surface area contributed by atoms with Gasteiger partial charge in [0.2, 0.25) is 5.91 Å². The zero-order valence-corrected chi connectivity index (χ0v) is 18.2. The van der Waals surface area contributed by atoms with Crippen LogP contribution in [0.25, 0.3) is 0 Å². The number of hydrogen-bond acceptors (Lipinski definition) is 5. The highest BCUT2D eigenvalue weighted by molar-refractivity contribution is 5.97. The lowest BCUT2D eigenvalue weighted by molar-refractivity contribution is -0.125. The lowest BCUT2D eigenvalue weighted by Gasteiger charge is -2.26. The molecule has 1 aromatic carbocycles. The third-order valence-electron chi connectivity index (χ3n) is 5.76. The first-order valence-corrected chi connectivity index (χ1v) is 10.1. The van der Waals surface area contributed by atoms with Gasteiger partial charge in [-0.25, -0.2) is 0 Å². The zero-order chi connectivity index (χ0) is 20.5. The summed E-state index contributed by atoms with van der Waals surface area (Å²) in [4.78, 5) is 24.9. The number of rotatable bonds is 5. The number of nitrogens with one attached hydrogen (secondary N) is 3. The van der Waals surface area contributed by atoms with E-state index in [9.17, 15) is 9.59 Å². The number of nitrogens with zero attached hydrogens (tertiary/aromatic N) is 2. The van der Waals surface area contributed by atoms with Crippen molar-refractivity contribution >= 4 is 29.9 Å². The highest BCUT2D eigenvalue weighted by Crippen LogP contribution is 2.33. The number of ether oxygens (including phenoxy) is 1. The molecule has 30 heavy (non-hydrogen) atoms. The van der Waals surface area contributed by atoms with E-state index in [-0.39, 0.29) is 42.1 Å². The molecule has 2 aliphatic rings. The van der Waals surface area contributed by atoms with Crippen LogP contribution in [0, 0.1) is 5.92 Å². The van der Waals surface area contributed by atoms with Crippen molar-refractivity contribution in [3.05, 3.63) is 41.7 Å². The summed E-state index contributed by atoms with van der Waals surface area (Å²) in [6.45, 7) is 5.29. The van der Waals surface area contributed by atoms with Gasteiger partial charge in [0.1, 0.15) is 5.75 Å². The van der Waals surface area contributed by atoms with E-state index in [4.69, 9.17) is 4.74 Å². The molecule has 2 unspecified atom stereocenters. The molecule has 0 radical (unpaired) electrons. The van der Waals surface area contributed by atoms with E-state index in [1.54, 1.807) is 4.68 Å². The number of halogens is 1. The van der Waals surface area contributed by atoms with Gasteiger partial charge in [0.05, 0.1) is 23.8 Å². The SMILES string of the molecule is CCC1Oc2cc(C(C)NC(=O)[C@H]3CNC[C@@H]3c3cnn(C)c3)ccc2NC1=O.Cl. The minimum atomic E-state index is -0.479. The summed E-state index contributed by atoms with van der Waals surface area (Å²) >= 11 is 0. The molecule has 1 saturated heterocycles. The van der Waals surface area contributed by atoms with E-state index >= 15 is 0 Å². The van der Waals surface area contributed by atoms with Crippen molar-refractivity contribution in [3.63, 3.8) is 0 Å². The number of anilines is 1. The fourth-order valence-electron chi connectivity index (χ4n) is 4.04. The van der Waals surface area contributed by atoms with E-state index in [2.05, 4.69) is 21.0 Å². The van der Waals surface area contributed by atoms with Crippen LogP contribution in [-0.4, -0.2) is 40.8 Å². The largest absolute Gasteiger partial charge is 0.478 e. The maximum absolute atomic E-state index is 13.0. The van der Waals surface area contributed by atoms with Gasteiger partial charge in [-0.1, -0.05) is 13.0 Å². The van der Waals surface area contributed by atoms with E-state index < -0.39 is 6.10 Å². The Morgan fingerprint density at radius 3 is 2.90 bits per heavy atom. The smallest absolute Gasteiger partial charge is 0.265 e. The Labute approximate surface area is 182 Å². The van der Waals surface area contributed by atoms with Crippen molar-refractivity contribution in [2.45, 2.75) is 38.3 Å². The van der Waals surface area contributed by atoms with Crippen molar-refractivity contribution in [1.82, 2.24) is 20.4 Å². The molecule has 4 atom stereocenters. The van der Waals surface area contributed by atoms with Crippen LogP contribution < -0.4 is 20.7 Å². The molecule has 3 N–H and O–H groups in total. The number of fused-ring (bicyclic) bond motifs is 1. The van der Waals surface area contributed by atoms with Crippen LogP contribution in [0.2, 0.25) is 0 Å². The van der Waals surface area contributed by atoms with Crippen molar-refractivity contribution in [1.29, 1.82) is 0 Å². The molecular weight excluding hydrogens is 406 g/mol. The highest BCUT2D eigenvalue weighted by atomic mass is 35.5. The third kappa shape index (κ3) is 4.29. The second-order valence-corrected chi connectivity index (χ2v) is 7.81. The molecule has 4 rings (SSSR count). The predicted molar refractivity (Wildman–Crippen MR) is 116 cm³/mol. The Bertz CT molecular complexity index is 931. The van der Waals surface area contributed by atoms with Gasteiger partial charge in [0.25, 0.3) is 5.91 Å². The number of hydrogen-bond donors (Lipinski definition) is 3. The van der Waals surface area contributed by atoms with Crippen LogP contribution in [-0.2, 0) is 16.6 Å². The number of carbonyl (C=O) groups is 2. The lowest BCUT2D eigenvalue weighted by Crippen LogP contribution is -2.37. The minimum Gasteiger partial charge on any atom is -0.478 e. The van der Waals surface area contributed by atoms with Crippen LogP contribution >= 0.6 is 12.4 Å².